The molecule has 16 heavy (non-hydrogen) atoms. The van der Waals surface area contributed by atoms with Crippen LogP contribution in [0.1, 0.15) is 0 Å². The first-order valence-electron chi connectivity index (χ1n) is 4.92. The van der Waals surface area contributed by atoms with Gasteiger partial charge in [0.25, 0.3) is 0 Å². The standard InChI is InChI=1S/C12H9ClN2O/c1-15-12(13)7-9(14-15)11-6-8-4-2-3-5-10(8)16-11/h2-7H,1H3. The summed E-state index contributed by atoms with van der Waals surface area (Å²) in [5.74, 6) is 0.740. The van der Waals surface area contributed by atoms with Gasteiger partial charge in [-0.25, -0.2) is 0 Å². The van der Waals surface area contributed by atoms with Crippen molar-refractivity contribution in [3.05, 3.63) is 41.6 Å². The molecule has 0 fully saturated rings. The smallest absolute Gasteiger partial charge is 0.155 e. The Balaban J connectivity index is 2.18. The van der Waals surface area contributed by atoms with Crippen LogP contribution in [0, 0.1) is 0 Å². The van der Waals surface area contributed by atoms with Crippen molar-refractivity contribution in [2.75, 3.05) is 0 Å². The van der Waals surface area contributed by atoms with Crippen molar-refractivity contribution in [3.63, 3.8) is 0 Å². The summed E-state index contributed by atoms with van der Waals surface area (Å²) in [6.07, 6.45) is 0. The monoisotopic (exact) mass is 232 g/mol. The maximum atomic E-state index is 5.94. The maximum absolute atomic E-state index is 5.94. The van der Waals surface area contributed by atoms with Crippen molar-refractivity contribution >= 4 is 22.6 Å². The molecule has 3 aromatic rings. The molecule has 0 aliphatic heterocycles. The lowest BCUT2D eigenvalue weighted by atomic mass is 10.2. The van der Waals surface area contributed by atoms with Crippen molar-refractivity contribution < 1.29 is 4.42 Å². The van der Waals surface area contributed by atoms with Crippen LogP contribution in [0.2, 0.25) is 5.15 Å². The number of hydrogen-bond acceptors (Lipinski definition) is 2. The van der Waals surface area contributed by atoms with Crippen molar-refractivity contribution in [3.8, 4) is 11.5 Å². The third-order valence-corrected chi connectivity index (χ3v) is 2.85. The Morgan fingerprint density at radius 2 is 2.06 bits per heavy atom. The quantitative estimate of drug-likeness (QED) is 0.643. The predicted octanol–water partition coefficient (Wildman–Crippen LogP) is 3.49. The summed E-state index contributed by atoms with van der Waals surface area (Å²) in [4.78, 5) is 0. The molecule has 0 atom stereocenters. The van der Waals surface area contributed by atoms with Gasteiger partial charge in [0, 0.05) is 18.5 Å². The van der Waals surface area contributed by atoms with E-state index in [4.69, 9.17) is 16.0 Å². The zero-order valence-electron chi connectivity index (χ0n) is 8.64. The number of halogens is 1. The van der Waals surface area contributed by atoms with Crippen LogP contribution in [0.5, 0.6) is 0 Å². The first-order valence-corrected chi connectivity index (χ1v) is 5.30. The van der Waals surface area contributed by atoms with Crippen LogP contribution in [0.15, 0.2) is 40.8 Å². The van der Waals surface area contributed by atoms with Crippen LogP contribution >= 0.6 is 11.6 Å². The molecule has 0 radical (unpaired) electrons. The fourth-order valence-corrected chi connectivity index (χ4v) is 1.81. The van der Waals surface area contributed by atoms with Gasteiger partial charge < -0.3 is 4.42 Å². The highest BCUT2D eigenvalue weighted by Crippen LogP contribution is 2.27. The number of benzene rings is 1. The van der Waals surface area contributed by atoms with Crippen molar-refractivity contribution in [2.24, 2.45) is 7.05 Å². The van der Waals surface area contributed by atoms with Gasteiger partial charge in [-0.05, 0) is 12.1 Å². The largest absolute Gasteiger partial charge is 0.454 e. The lowest BCUT2D eigenvalue weighted by Gasteiger charge is -1.88. The van der Waals surface area contributed by atoms with Crippen LogP contribution in [0.25, 0.3) is 22.4 Å². The summed E-state index contributed by atoms with van der Waals surface area (Å²) in [6, 6.07) is 11.6. The molecule has 4 heteroatoms. The molecule has 0 unspecified atom stereocenters. The molecule has 0 spiro atoms. The average Bonchev–Trinajstić information content (AvgIpc) is 2.83. The van der Waals surface area contributed by atoms with Gasteiger partial charge in [-0.15, -0.1) is 0 Å². The number of hydrogen-bond donors (Lipinski definition) is 0. The van der Waals surface area contributed by atoms with Crippen molar-refractivity contribution in [2.45, 2.75) is 0 Å². The molecule has 0 bridgehead atoms. The van der Waals surface area contributed by atoms with E-state index in [9.17, 15) is 0 Å². The SMILES string of the molecule is Cn1nc(-c2cc3ccccc3o2)cc1Cl. The number of rotatable bonds is 1. The maximum Gasteiger partial charge on any atom is 0.155 e. The van der Waals surface area contributed by atoms with Gasteiger partial charge in [-0.3, -0.25) is 4.68 Å². The van der Waals surface area contributed by atoms with Gasteiger partial charge in [-0.1, -0.05) is 29.8 Å². The normalized spacial score (nSPS) is 11.1. The molecule has 0 N–H and O–H groups in total. The summed E-state index contributed by atoms with van der Waals surface area (Å²) in [6.45, 7) is 0. The second kappa shape index (κ2) is 3.39. The van der Waals surface area contributed by atoms with E-state index >= 15 is 0 Å². The van der Waals surface area contributed by atoms with Crippen LogP contribution in [0.3, 0.4) is 0 Å². The second-order valence-electron chi connectivity index (χ2n) is 3.62. The second-order valence-corrected chi connectivity index (χ2v) is 4.01. The Labute approximate surface area is 97.2 Å². The zero-order chi connectivity index (χ0) is 11.1. The van der Waals surface area contributed by atoms with Crippen molar-refractivity contribution in [1.29, 1.82) is 0 Å². The third kappa shape index (κ3) is 1.41. The molecule has 0 aliphatic rings. The van der Waals surface area contributed by atoms with E-state index < -0.39 is 0 Å². The highest BCUT2D eigenvalue weighted by Gasteiger charge is 2.10. The number of para-hydroxylation sites is 1. The minimum Gasteiger partial charge on any atom is -0.454 e. The molecule has 2 aromatic heterocycles. The molecular formula is C12H9ClN2O. The Bertz CT molecular complexity index is 601. The lowest BCUT2D eigenvalue weighted by molar-refractivity contribution is 0.625. The molecule has 3 rings (SSSR count). The van der Waals surface area contributed by atoms with E-state index in [1.54, 1.807) is 17.8 Å². The average molecular weight is 233 g/mol. The van der Waals surface area contributed by atoms with Gasteiger partial charge in [0.05, 0.1) is 0 Å². The van der Waals surface area contributed by atoms with Gasteiger partial charge in [0.2, 0.25) is 0 Å². The summed E-state index contributed by atoms with van der Waals surface area (Å²) in [7, 11) is 1.80. The summed E-state index contributed by atoms with van der Waals surface area (Å²) in [5.41, 5.74) is 1.61. The number of aryl methyl sites for hydroxylation is 1. The van der Waals surface area contributed by atoms with E-state index in [0.717, 1.165) is 22.4 Å². The molecule has 2 heterocycles. The van der Waals surface area contributed by atoms with Crippen LogP contribution in [-0.4, -0.2) is 9.78 Å². The summed E-state index contributed by atoms with van der Waals surface area (Å²) < 4.78 is 7.30. The van der Waals surface area contributed by atoms with E-state index in [1.807, 2.05) is 30.3 Å². The van der Waals surface area contributed by atoms with Crippen LogP contribution in [0.4, 0.5) is 0 Å². The van der Waals surface area contributed by atoms with Crippen LogP contribution < -0.4 is 0 Å². The third-order valence-electron chi connectivity index (χ3n) is 2.50. The van der Waals surface area contributed by atoms with Crippen LogP contribution in [-0.2, 0) is 7.05 Å². The number of nitrogens with zero attached hydrogens (tertiary/aromatic N) is 2. The predicted molar refractivity (Wildman–Crippen MR) is 63.4 cm³/mol. The highest BCUT2D eigenvalue weighted by atomic mass is 35.5. The molecule has 0 amide bonds. The fraction of sp³-hybridized carbons (Fsp3) is 0.0833. The van der Waals surface area contributed by atoms with E-state index in [1.165, 1.54) is 0 Å². The van der Waals surface area contributed by atoms with Gasteiger partial charge >= 0.3 is 0 Å². The Morgan fingerprint density at radius 3 is 2.75 bits per heavy atom. The molecule has 0 saturated heterocycles. The van der Waals surface area contributed by atoms with Gasteiger partial charge in [-0.2, -0.15) is 5.10 Å². The summed E-state index contributed by atoms with van der Waals surface area (Å²) >= 11 is 5.94. The zero-order valence-corrected chi connectivity index (χ0v) is 9.40. The van der Waals surface area contributed by atoms with Crippen molar-refractivity contribution in [1.82, 2.24) is 9.78 Å². The molecule has 0 aliphatic carbocycles. The molecule has 0 saturated carbocycles. The Morgan fingerprint density at radius 1 is 1.25 bits per heavy atom. The van der Waals surface area contributed by atoms with E-state index in [0.29, 0.717) is 5.15 Å². The number of furan rings is 1. The minimum atomic E-state index is 0.593. The first-order chi connectivity index (χ1) is 7.74. The Hall–Kier alpha value is -1.74. The Kier molecular flexibility index (Phi) is 2.01. The first kappa shape index (κ1) is 9.48. The van der Waals surface area contributed by atoms with Gasteiger partial charge in [0.1, 0.15) is 16.4 Å². The molecule has 80 valence electrons. The highest BCUT2D eigenvalue weighted by molar-refractivity contribution is 6.29. The number of aromatic nitrogens is 2. The molecule has 1 aromatic carbocycles. The van der Waals surface area contributed by atoms with E-state index in [-0.39, 0.29) is 0 Å². The minimum absolute atomic E-state index is 0.593. The van der Waals surface area contributed by atoms with E-state index in [2.05, 4.69) is 5.10 Å². The number of fused-ring (bicyclic) bond motifs is 1. The molecule has 3 nitrogen and oxygen atoms in total. The lowest BCUT2D eigenvalue weighted by Crippen LogP contribution is -1.89. The topological polar surface area (TPSA) is 31.0 Å². The van der Waals surface area contributed by atoms with Gasteiger partial charge in [0.15, 0.2) is 5.76 Å². The summed E-state index contributed by atoms with van der Waals surface area (Å²) in [5, 5.41) is 5.93. The fourth-order valence-electron chi connectivity index (χ4n) is 1.67. The molecular weight excluding hydrogens is 224 g/mol.